The molecule has 18 heavy (non-hydrogen) atoms. The summed E-state index contributed by atoms with van der Waals surface area (Å²) >= 11 is 0. The van der Waals surface area contributed by atoms with Crippen molar-refractivity contribution in [3.8, 4) is 0 Å². The molecule has 3 saturated heterocycles. The van der Waals surface area contributed by atoms with Crippen molar-refractivity contribution in [3.63, 3.8) is 0 Å². The van der Waals surface area contributed by atoms with E-state index in [9.17, 15) is 0 Å². The van der Waals surface area contributed by atoms with Crippen molar-refractivity contribution in [2.45, 2.75) is 12.8 Å². The van der Waals surface area contributed by atoms with Gasteiger partial charge in [0, 0.05) is 45.7 Å². The highest BCUT2D eigenvalue weighted by atomic mass is 127. The van der Waals surface area contributed by atoms with E-state index in [0.717, 1.165) is 0 Å². The summed E-state index contributed by atoms with van der Waals surface area (Å²) in [7, 11) is 2.45. The first-order chi connectivity index (χ1) is 8.23. The molecule has 3 rings (SSSR count). The second-order valence-corrected chi connectivity index (χ2v) is 6.41. The van der Waals surface area contributed by atoms with Gasteiger partial charge in [-0.15, -0.1) is 0 Å². The van der Waals surface area contributed by atoms with Gasteiger partial charge in [0.25, 0.3) is 0 Å². The molecule has 3 aliphatic rings. The summed E-state index contributed by atoms with van der Waals surface area (Å²) in [6, 6.07) is 0. The monoisotopic (exact) mass is 366 g/mol. The molecule has 3 aliphatic heterocycles. The summed E-state index contributed by atoms with van der Waals surface area (Å²) in [5.74, 6) is 0. The summed E-state index contributed by atoms with van der Waals surface area (Å²) in [5.41, 5.74) is 0. The lowest BCUT2D eigenvalue weighted by Gasteiger charge is -2.46. The SMILES string of the molecule is C[N+]12CCCN(CCN3CCCN(CC1)C3)C2.[I-]. The maximum absolute atomic E-state index is 2.69. The topological polar surface area (TPSA) is 9.72 Å². The molecule has 0 aromatic carbocycles. The van der Waals surface area contributed by atoms with Crippen molar-refractivity contribution < 1.29 is 28.5 Å². The van der Waals surface area contributed by atoms with Crippen molar-refractivity contribution in [2.24, 2.45) is 0 Å². The molecule has 3 heterocycles. The van der Waals surface area contributed by atoms with Gasteiger partial charge in [-0.2, -0.15) is 0 Å². The molecule has 4 atom stereocenters. The zero-order chi connectivity index (χ0) is 11.7. The Labute approximate surface area is 128 Å². The predicted molar refractivity (Wildman–Crippen MR) is 69.6 cm³/mol. The smallest absolute Gasteiger partial charge is 0.134 e. The molecule has 0 radical (unpaired) electrons. The van der Waals surface area contributed by atoms with Crippen LogP contribution in [0, 0.1) is 0 Å². The van der Waals surface area contributed by atoms with Gasteiger partial charge in [-0.05, 0) is 6.42 Å². The molecule has 0 aromatic heterocycles. The minimum Gasteiger partial charge on any atom is -1.00 e. The minimum absolute atomic E-state index is 0. The number of quaternary nitrogens is 1. The van der Waals surface area contributed by atoms with E-state index in [2.05, 4.69) is 21.7 Å². The highest BCUT2D eigenvalue weighted by Gasteiger charge is 2.32. The van der Waals surface area contributed by atoms with E-state index in [0.29, 0.717) is 0 Å². The average Bonchev–Trinajstić information content (AvgIpc) is 2.34. The Hall–Kier alpha value is 0.570. The number of halogens is 1. The largest absolute Gasteiger partial charge is 1.00 e. The number of nitrogens with zero attached hydrogens (tertiary/aromatic N) is 4. The van der Waals surface area contributed by atoms with Gasteiger partial charge < -0.3 is 28.5 Å². The third-order valence-electron chi connectivity index (χ3n) is 4.75. The Morgan fingerprint density at radius 1 is 0.722 bits per heavy atom. The van der Waals surface area contributed by atoms with E-state index >= 15 is 0 Å². The van der Waals surface area contributed by atoms with Crippen LogP contribution >= 0.6 is 0 Å². The Bertz CT molecular complexity index is 276. The fraction of sp³-hybridized carbons (Fsp3) is 1.00. The summed E-state index contributed by atoms with van der Waals surface area (Å²) in [4.78, 5) is 8.00. The molecule has 0 amide bonds. The fourth-order valence-corrected chi connectivity index (χ4v) is 3.64. The van der Waals surface area contributed by atoms with Crippen LogP contribution in [0.25, 0.3) is 0 Å². The van der Waals surface area contributed by atoms with E-state index in [1.807, 2.05) is 0 Å². The fourth-order valence-electron chi connectivity index (χ4n) is 3.64. The van der Waals surface area contributed by atoms with E-state index in [1.165, 1.54) is 83.0 Å². The normalized spacial score (nSPS) is 44.8. The quantitative estimate of drug-likeness (QED) is 0.336. The first kappa shape index (κ1) is 15.0. The van der Waals surface area contributed by atoms with Crippen molar-refractivity contribution in [1.82, 2.24) is 14.7 Å². The molecule has 0 aromatic rings. The van der Waals surface area contributed by atoms with Crippen LogP contribution in [0.3, 0.4) is 0 Å². The lowest BCUT2D eigenvalue weighted by atomic mass is 10.2. The van der Waals surface area contributed by atoms with Crippen molar-refractivity contribution in [1.29, 1.82) is 0 Å². The van der Waals surface area contributed by atoms with Crippen LogP contribution in [0.1, 0.15) is 12.8 Å². The number of rotatable bonds is 0. The molecule has 0 N–H and O–H groups in total. The standard InChI is InChI=1S/C13H27N4.HI/c1-17-10-3-6-16(13-17)8-7-14-4-2-5-15(12-14)9-11-17;/h2-13H2,1H3;1H/q+1;/p-1. The first-order valence-electron chi connectivity index (χ1n) is 7.24. The van der Waals surface area contributed by atoms with Crippen molar-refractivity contribution in [2.75, 3.05) is 72.7 Å². The summed E-state index contributed by atoms with van der Waals surface area (Å²) in [6.07, 6.45) is 2.75. The Morgan fingerprint density at radius 3 is 2.22 bits per heavy atom. The van der Waals surface area contributed by atoms with E-state index in [1.54, 1.807) is 0 Å². The second kappa shape index (κ2) is 6.35. The number of likely N-dealkylation sites (N-methyl/N-ethyl adjacent to an activating group) is 1. The van der Waals surface area contributed by atoms with Gasteiger partial charge in [-0.1, -0.05) is 0 Å². The second-order valence-electron chi connectivity index (χ2n) is 6.41. The average molecular weight is 366 g/mol. The molecule has 0 aliphatic carbocycles. The maximum Gasteiger partial charge on any atom is 0.134 e. The lowest BCUT2D eigenvalue weighted by molar-refractivity contribution is -0.924. The molecule has 4 bridgehead atoms. The van der Waals surface area contributed by atoms with Crippen LogP contribution in [0.5, 0.6) is 0 Å². The van der Waals surface area contributed by atoms with Gasteiger partial charge in [0.1, 0.15) is 6.67 Å². The molecule has 3 fully saturated rings. The Balaban J connectivity index is 0.00000120. The van der Waals surface area contributed by atoms with Gasteiger partial charge in [0.2, 0.25) is 0 Å². The molecule has 106 valence electrons. The number of hydrogen-bond acceptors (Lipinski definition) is 3. The van der Waals surface area contributed by atoms with Gasteiger partial charge in [0.15, 0.2) is 0 Å². The molecule has 0 saturated carbocycles. The molecule has 0 spiro atoms. The van der Waals surface area contributed by atoms with Crippen molar-refractivity contribution in [3.05, 3.63) is 0 Å². The summed E-state index contributed by atoms with van der Waals surface area (Å²) in [6.45, 7) is 13.0. The molecular formula is C13H27IN4. The third kappa shape index (κ3) is 3.56. The van der Waals surface area contributed by atoms with Crippen LogP contribution in [0.15, 0.2) is 0 Å². The highest BCUT2D eigenvalue weighted by molar-refractivity contribution is 4.72. The molecular weight excluding hydrogens is 339 g/mol. The summed E-state index contributed by atoms with van der Waals surface area (Å²) in [5, 5.41) is 0. The first-order valence-corrected chi connectivity index (χ1v) is 7.24. The zero-order valence-electron chi connectivity index (χ0n) is 11.7. The van der Waals surface area contributed by atoms with E-state index in [-0.39, 0.29) is 24.0 Å². The van der Waals surface area contributed by atoms with Crippen LogP contribution < -0.4 is 24.0 Å². The van der Waals surface area contributed by atoms with Gasteiger partial charge in [0.05, 0.1) is 26.8 Å². The predicted octanol–water partition coefficient (Wildman–Crippen LogP) is -2.92. The molecule has 4 unspecified atom stereocenters. The van der Waals surface area contributed by atoms with E-state index in [4.69, 9.17) is 0 Å². The summed E-state index contributed by atoms with van der Waals surface area (Å²) < 4.78 is 1.27. The minimum atomic E-state index is 0. The van der Waals surface area contributed by atoms with Gasteiger partial charge in [-0.25, -0.2) is 0 Å². The third-order valence-corrected chi connectivity index (χ3v) is 4.75. The van der Waals surface area contributed by atoms with E-state index < -0.39 is 0 Å². The lowest BCUT2D eigenvalue weighted by Crippen LogP contribution is -3.00. The van der Waals surface area contributed by atoms with Crippen LogP contribution in [-0.4, -0.2) is 91.9 Å². The number of hydrogen-bond donors (Lipinski definition) is 0. The van der Waals surface area contributed by atoms with Crippen molar-refractivity contribution >= 4 is 0 Å². The van der Waals surface area contributed by atoms with Crippen LogP contribution in [-0.2, 0) is 0 Å². The maximum atomic E-state index is 2.69. The van der Waals surface area contributed by atoms with Crippen LogP contribution in [0.4, 0.5) is 0 Å². The number of fused-ring (bicyclic) bond motifs is 4. The molecule has 4 nitrogen and oxygen atoms in total. The Morgan fingerprint density at radius 2 is 1.39 bits per heavy atom. The highest BCUT2D eigenvalue weighted by Crippen LogP contribution is 2.16. The van der Waals surface area contributed by atoms with Gasteiger partial charge in [-0.3, -0.25) is 14.7 Å². The zero-order valence-corrected chi connectivity index (χ0v) is 13.8. The molecule has 5 heteroatoms. The van der Waals surface area contributed by atoms with Gasteiger partial charge >= 0.3 is 0 Å². The Kier molecular flexibility index (Phi) is 5.28. The van der Waals surface area contributed by atoms with Crippen LogP contribution in [0.2, 0.25) is 0 Å².